The van der Waals surface area contributed by atoms with Crippen molar-refractivity contribution in [2.45, 2.75) is 12.6 Å². The summed E-state index contributed by atoms with van der Waals surface area (Å²) in [4.78, 5) is 49.6. The van der Waals surface area contributed by atoms with Gasteiger partial charge in [-0.25, -0.2) is 9.78 Å². The zero-order valence-corrected chi connectivity index (χ0v) is 20.4. The van der Waals surface area contributed by atoms with Crippen molar-refractivity contribution >= 4 is 34.7 Å². The van der Waals surface area contributed by atoms with Crippen molar-refractivity contribution in [3.63, 3.8) is 0 Å². The number of nitrogens with one attached hydrogen (secondary N) is 1. The first-order valence-corrected chi connectivity index (χ1v) is 12.4. The number of hydrogen-bond donors (Lipinski definition) is 2. The lowest BCUT2D eigenvalue weighted by atomic mass is 10.0. The van der Waals surface area contributed by atoms with Gasteiger partial charge in [-0.2, -0.15) is 4.98 Å². The van der Waals surface area contributed by atoms with Crippen LogP contribution in [0, 0.1) is 5.92 Å². The molecule has 6 rings (SSSR count). The number of rotatable bonds is 7. The lowest BCUT2D eigenvalue weighted by Gasteiger charge is -2.33. The molecule has 2 atom stereocenters. The van der Waals surface area contributed by atoms with Crippen molar-refractivity contribution in [3.05, 3.63) is 46.8 Å². The Hall–Kier alpha value is -4.23. The summed E-state index contributed by atoms with van der Waals surface area (Å²) >= 11 is 0. The molecule has 2 amide bonds. The fourth-order valence-corrected chi connectivity index (χ4v) is 5.04. The quantitative estimate of drug-likeness (QED) is 0.448. The Morgan fingerprint density at radius 1 is 1.03 bits per heavy atom. The number of carbonyl (C=O) groups excluding carboxylic acids is 2. The monoisotopic (exact) mass is 522 g/mol. The third kappa shape index (κ3) is 4.61. The van der Waals surface area contributed by atoms with E-state index in [1.165, 1.54) is 11.0 Å². The summed E-state index contributed by atoms with van der Waals surface area (Å²) in [6.07, 6.45) is -0.756. The molecule has 198 valence electrons. The van der Waals surface area contributed by atoms with Crippen molar-refractivity contribution in [1.29, 1.82) is 0 Å². The number of aromatic nitrogens is 3. The summed E-state index contributed by atoms with van der Waals surface area (Å²) in [5.74, 6) is 1.20. The van der Waals surface area contributed by atoms with Crippen molar-refractivity contribution in [2.24, 2.45) is 5.92 Å². The van der Waals surface area contributed by atoms with Gasteiger partial charge in [-0.3, -0.25) is 24.0 Å². The minimum absolute atomic E-state index is 0.0530. The first kappa shape index (κ1) is 24.1. The number of nitrogens with zero attached hydrogens (tertiary/aromatic N) is 5. The Morgan fingerprint density at radius 2 is 1.89 bits per heavy atom. The predicted molar refractivity (Wildman–Crippen MR) is 134 cm³/mol. The highest BCUT2D eigenvalue weighted by Gasteiger charge is 2.43. The molecule has 0 aliphatic carbocycles. The molecule has 2 N–H and O–H groups in total. The van der Waals surface area contributed by atoms with Crippen molar-refractivity contribution < 1.29 is 28.9 Å². The third-order valence-electron chi connectivity index (χ3n) is 6.87. The molecule has 0 spiro atoms. The Morgan fingerprint density at radius 3 is 2.76 bits per heavy atom. The van der Waals surface area contributed by atoms with E-state index in [1.54, 1.807) is 28.8 Å². The average molecular weight is 523 g/mol. The van der Waals surface area contributed by atoms with E-state index in [9.17, 15) is 14.4 Å². The van der Waals surface area contributed by atoms with Crippen LogP contribution in [0.5, 0.6) is 11.6 Å². The van der Waals surface area contributed by atoms with Crippen LogP contribution >= 0.6 is 0 Å². The number of pyridine rings is 3. The Labute approximate surface area is 216 Å². The molecular weight excluding hydrogens is 496 g/mol. The zero-order chi connectivity index (χ0) is 26.2. The van der Waals surface area contributed by atoms with Gasteiger partial charge in [0.2, 0.25) is 5.88 Å². The van der Waals surface area contributed by atoms with Gasteiger partial charge >= 0.3 is 6.09 Å². The van der Waals surface area contributed by atoms with E-state index < -0.39 is 6.09 Å². The summed E-state index contributed by atoms with van der Waals surface area (Å²) in [5, 5.41) is 12.5. The van der Waals surface area contributed by atoms with Gasteiger partial charge in [0.25, 0.3) is 11.5 Å². The maximum Gasteiger partial charge on any atom is 0.415 e. The summed E-state index contributed by atoms with van der Waals surface area (Å²) in [6, 6.07) is 10.1. The lowest BCUT2D eigenvalue weighted by Crippen LogP contribution is -2.48. The van der Waals surface area contributed by atoms with Crippen LogP contribution in [0.15, 0.2) is 41.2 Å². The summed E-state index contributed by atoms with van der Waals surface area (Å²) in [5.41, 5.74) is 0.338. The SMILES string of the molecule is O=C1COc2ccc(N3C[C@@H]4CN(CCn5c(=O)ccc6ccc(OCCO)nc65)C[C@@H]4OC3=O)nc2N1. The minimum atomic E-state index is -0.492. The molecule has 0 unspecified atom stereocenters. The number of likely N-dealkylation sites (tertiary alicyclic amines) is 1. The first-order valence-electron chi connectivity index (χ1n) is 12.4. The number of fused-ring (bicyclic) bond motifs is 3. The van der Waals surface area contributed by atoms with Gasteiger partial charge in [0.05, 0.1) is 6.61 Å². The van der Waals surface area contributed by atoms with Crippen LogP contribution in [0.25, 0.3) is 11.0 Å². The molecule has 0 bridgehead atoms. The molecule has 2 saturated heterocycles. The van der Waals surface area contributed by atoms with Gasteiger partial charge in [-0.1, -0.05) is 0 Å². The molecule has 0 radical (unpaired) electrons. The second-order valence-electron chi connectivity index (χ2n) is 9.36. The van der Waals surface area contributed by atoms with Crippen LogP contribution in [-0.4, -0.2) is 88.6 Å². The number of carbonyl (C=O) groups is 2. The van der Waals surface area contributed by atoms with Gasteiger partial charge < -0.3 is 24.6 Å². The summed E-state index contributed by atoms with van der Waals surface area (Å²) in [7, 11) is 0. The predicted octanol–water partition coefficient (Wildman–Crippen LogP) is 0.451. The van der Waals surface area contributed by atoms with Gasteiger partial charge in [0.15, 0.2) is 18.2 Å². The molecule has 3 aliphatic heterocycles. The fraction of sp³-hybridized carbons (Fsp3) is 0.400. The second-order valence-corrected chi connectivity index (χ2v) is 9.36. The number of anilines is 2. The molecule has 3 aromatic rings. The molecular formula is C25H26N6O7. The number of aliphatic hydroxyl groups excluding tert-OH is 1. The molecule has 2 fully saturated rings. The van der Waals surface area contributed by atoms with E-state index in [4.69, 9.17) is 19.3 Å². The fourth-order valence-electron chi connectivity index (χ4n) is 5.04. The third-order valence-corrected chi connectivity index (χ3v) is 6.87. The highest BCUT2D eigenvalue weighted by molar-refractivity contribution is 5.95. The molecule has 0 saturated carbocycles. The summed E-state index contributed by atoms with van der Waals surface area (Å²) < 4.78 is 18.1. The van der Waals surface area contributed by atoms with Crippen LogP contribution in [-0.2, 0) is 16.1 Å². The smallest absolute Gasteiger partial charge is 0.415 e. The normalized spacial score (nSPS) is 20.9. The van der Waals surface area contributed by atoms with Crippen molar-refractivity contribution in [2.75, 3.05) is 56.2 Å². The van der Waals surface area contributed by atoms with Crippen LogP contribution in [0.3, 0.4) is 0 Å². The molecule has 13 heteroatoms. The minimum Gasteiger partial charge on any atom is -0.480 e. The molecule has 13 nitrogen and oxygen atoms in total. The first-order chi connectivity index (χ1) is 18.5. The number of hydrogen-bond acceptors (Lipinski definition) is 10. The summed E-state index contributed by atoms with van der Waals surface area (Å²) in [6.45, 7) is 2.53. The Balaban J connectivity index is 1.14. The highest BCUT2D eigenvalue weighted by atomic mass is 16.6. The highest BCUT2D eigenvalue weighted by Crippen LogP contribution is 2.32. The van der Waals surface area contributed by atoms with Gasteiger partial charge in [-0.05, 0) is 24.3 Å². The standard InChI is InChI=1S/C25H26N6O7/c32-9-10-36-21-5-1-15-2-6-22(34)30(24(15)28-21)8-7-29-11-16-12-31(25(35)38-18(16)13-29)19-4-3-17-23(26-19)27-20(33)14-37-17/h1-6,16,18,32H,7-14H2,(H,26,27,33)/t16-,18-/m0/s1. The largest absolute Gasteiger partial charge is 0.480 e. The van der Waals surface area contributed by atoms with Crippen LogP contribution in [0.2, 0.25) is 0 Å². The molecule has 6 heterocycles. The average Bonchev–Trinajstić information content (AvgIpc) is 3.31. The van der Waals surface area contributed by atoms with E-state index >= 15 is 0 Å². The Bertz CT molecular complexity index is 1460. The van der Waals surface area contributed by atoms with Crippen LogP contribution in [0.1, 0.15) is 0 Å². The molecule has 3 aliphatic rings. The zero-order valence-electron chi connectivity index (χ0n) is 20.4. The van der Waals surface area contributed by atoms with Crippen LogP contribution < -0.4 is 25.2 Å². The van der Waals surface area contributed by atoms with E-state index in [1.807, 2.05) is 6.07 Å². The van der Waals surface area contributed by atoms with Crippen molar-refractivity contribution in [3.8, 4) is 11.6 Å². The topological polar surface area (TPSA) is 148 Å². The van der Waals surface area contributed by atoms with Gasteiger partial charge in [-0.15, -0.1) is 0 Å². The van der Waals surface area contributed by atoms with E-state index in [0.717, 1.165) is 5.39 Å². The number of amides is 2. The van der Waals surface area contributed by atoms with Gasteiger partial charge in [0, 0.05) is 56.2 Å². The maximum atomic E-state index is 12.8. The van der Waals surface area contributed by atoms with Crippen LogP contribution in [0.4, 0.5) is 16.4 Å². The van der Waals surface area contributed by atoms with E-state index in [0.29, 0.717) is 55.8 Å². The van der Waals surface area contributed by atoms with E-state index in [2.05, 4.69) is 20.2 Å². The van der Waals surface area contributed by atoms with Gasteiger partial charge in [0.1, 0.15) is 24.2 Å². The number of ether oxygens (including phenoxy) is 3. The lowest BCUT2D eigenvalue weighted by molar-refractivity contribution is -0.118. The molecule has 3 aromatic heterocycles. The van der Waals surface area contributed by atoms with Crippen molar-refractivity contribution in [1.82, 2.24) is 19.4 Å². The number of aliphatic hydroxyl groups is 1. The molecule has 0 aromatic carbocycles. The Kier molecular flexibility index (Phi) is 6.29. The second kappa shape index (κ2) is 9.91. The van der Waals surface area contributed by atoms with E-state index in [-0.39, 0.29) is 49.1 Å². The molecule has 38 heavy (non-hydrogen) atoms. The maximum absolute atomic E-state index is 12.8.